The lowest BCUT2D eigenvalue weighted by atomic mass is 10.1. The van der Waals surface area contributed by atoms with Crippen LogP contribution in [0.25, 0.3) is 0 Å². The zero-order valence-corrected chi connectivity index (χ0v) is 16.4. The number of thiazole rings is 1. The van der Waals surface area contributed by atoms with E-state index in [1.807, 2.05) is 34.4 Å². The SMILES string of the molecule is O=C(CCc1ccccc1)N1CCc2nc(N3C4CCC3CNC4)sc2C1. The van der Waals surface area contributed by atoms with Gasteiger partial charge in [0.15, 0.2) is 5.13 Å². The van der Waals surface area contributed by atoms with Crippen molar-refractivity contribution in [2.24, 2.45) is 0 Å². The molecule has 2 atom stereocenters. The van der Waals surface area contributed by atoms with Gasteiger partial charge in [-0.25, -0.2) is 4.98 Å². The smallest absolute Gasteiger partial charge is 0.223 e. The Morgan fingerprint density at radius 2 is 1.96 bits per heavy atom. The van der Waals surface area contributed by atoms with Crippen LogP contribution in [0, 0.1) is 0 Å². The molecule has 0 aliphatic carbocycles. The van der Waals surface area contributed by atoms with Crippen molar-refractivity contribution < 1.29 is 4.79 Å². The van der Waals surface area contributed by atoms with E-state index in [1.54, 1.807) is 0 Å². The molecule has 4 heterocycles. The maximum Gasteiger partial charge on any atom is 0.223 e. The molecule has 2 fully saturated rings. The summed E-state index contributed by atoms with van der Waals surface area (Å²) >= 11 is 1.82. The van der Waals surface area contributed by atoms with Gasteiger partial charge in [-0.05, 0) is 24.8 Å². The predicted octanol–water partition coefficient (Wildman–Crippen LogP) is 2.60. The number of anilines is 1. The van der Waals surface area contributed by atoms with Gasteiger partial charge in [-0.15, -0.1) is 0 Å². The molecule has 1 amide bonds. The number of carbonyl (C=O) groups is 1. The Hall–Kier alpha value is -1.92. The third kappa shape index (κ3) is 3.36. The fourth-order valence-corrected chi connectivity index (χ4v) is 5.92. The van der Waals surface area contributed by atoms with Crippen LogP contribution < -0.4 is 10.2 Å². The third-order valence-electron chi connectivity index (χ3n) is 6.14. The minimum atomic E-state index is 0.265. The molecule has 0 radical (unpaired) electrons. The number of nitrogens with zero attached hydrogens (tertiary/aromatic N) is 3. The third-order valence-corrected chi connectivity index (χ3v) is 7.24. The number of fused-ring (bicyclic) bond motifs is 3. The van der Waals surface area contributed by atoms with E-state index < -0.39 is 0 Å². The molecule has 142 valence electrons. The molecule has 6 heteroatoms. The summed E-state index contributed by atoms with van der Waals surface area (Å²) in [7, 11) is 0. The molecule has 1 aromatic heterocycles. The minimum absolute atomic E-state index is 0.265. The summed E-state index contributed by atoms with van der Waals surface area (Å²) in [5.41, 5.74) is 2.46. The summed E-state index contributed by atoms with van der Waals surface area (Å²) < 4.78 is 0. The molecule has 5 nitrogen and oxygen atoms in total. The van der Waals surface area contributed by atoms with Gasteiger partial charge in [0.25, 0.3) is 0 Å². The number of amides is 1. The molecule has 2 saturated heterocycles. The van der Waals surface area contributed by atoms with Gasteiger partial charge < -0.3 is 15.1 Å². The highest BCUT2D eigenvalue weighted by Gasteiger charge is 2.38. The zero-order chi connectivity index (χ0) is 18.2. The molecule has 3 aliphatic heterocycles. The van der Waals surface area contributed by atoms with Crippen LogP contribution in [0.5, 0.6) is 0 Å². The Labute approximate surface area is 164 Å². The first-order chi connectivity index (χ1) is 13.3. The van der Waals surface area contributed by atoms with E-state index in [2.05, 4.69) is 22.3 Å². The quantitative estimate of drug-likeness (QED) is 0.883. The fraction of sp³-hybridized carbons (Fsp3) is 0.524. The zero-order valence-electron chi connectivity index (χ0n) is 15.6. The van der Waals surface area contributed by atoms with E-state index in [0.717, 1.165) is 39.0 Å². The van der Waals surface area contributed by atoms with Crippen molar-refractivity contribution in [3.8, 4) is 0 Å². The summed E-state index contributed by atoms with van der Waals surface area (Å²) in [6, 6.07) is 11.5. The second-order valence-corrected chi connectivity index (χ2v) is 8.93. The number of aromatic nitrogens is 1. The summed E-state index contributed by atoms with van der Waals surface area (Å²) in [5.74, 6) is 0.265. The first-order valence-electron chi connectivity index (χ1n) is 10.1. The van der Waals surface area contributed by atoms with Crippen molar-refractivity contribution in [3.05, 3.63) is 46.5 Å². The van der Waals surface area contributed by atoms with Crippen LogP contribution in [-0.2, 0) is 24.2 Å². The van der Waals surface area contributed by atoms with Crippen LogP contribution in [0.4, 0.5) is 5.13 Å². The lowest BCUT2D eigenvalue weighted by molar-refractivity contribution is -0.132. The fourth-order valence-electron chi connectivity index (χ4n) is 4.65. The van der Waals surface area contributed by atoms with Gasteiger partial charge >= 0.3 is 0 Å². The number of hydrogen-bond acceptors (Lipinski definition) is 5. The van der Waals surface area contributed by atoms with E-state index in [0.29, 0.717) is 18.5 Å². The molecule has 0 spiro atoms. The predicted molar refractivity (Wildman–Crippen MR) is 108 cm³/mol. The van der Waals surface area contributed by atoms with Gasteiger partial charge in [0.2, 0.25) is 5.91 Å². The normalized spacial score (nSPS) is 24.1. The first kappa shape index (κ1) is 17.2. The van der Waals surface area contributed by atoms with Crippen LogP contribution in [0.3, 0.4) is 0 Å². The van der Waals surface area contributed by atoms with Gasteiger partial charge in [-0.2, -0.15) is 0 Å². The standard InChI is InChI=1S/C21H26N4OS/c26-20(9-6-15-4-2-1-3-5-15)24-11-10-18-19(14-24)27-21(23-18)25-16-7-8-17(25)13-22-12-16/h1-5,16-17,22H,6-14H2. The maximum atomic E-state index is 12.7. The second-order valence-electron chi connectivity index (χ2n) is 7.87. The molecule has 5 rings (SSSR count). The molecule has 2 aromatic rings. The topological polar surface area (TPSA) is 48.5 Å². The van der Waals surface area contributed by atoms with Gasteiger partial charge in [-0.3, -0.25) is 4.79 Å². The molecule has 2 bridgehead atoms. The molecule has 0 saturated carbocycles. The second kappa shape index (κ2) is 7.24. The number of rotatable bonds is 4. The van der Waals surface area contributed by atoms with E-state index >= 15 is 0 Å². The highest BCUT2D eigenvalue weighted by atomic mass is 32.1. The Bertz CT molecular complexity index is 805. The number of benzene rings is 1. The number of hydrogen-bond donors (Lipinski definition) is 1. The Balaban J connectivity index is 1.25. The van der Waals surface area contributed by atoms with Crippen molar-refractivity contribution in [2.75, 3.05) is 24.5 Å². The van der Waals surface area contributed by atoms with Crippen molar-refractivity contribution in [2.45, 2.75) is 50.7 Å². The van der Waals surface area contributed by atoms with Gasteiger partial charge in [0.05, 0.1) is 12.2 Å². The van der Waals surface area contributed by atoms with Crippen molar-refractivity contribution in [1.29, 1.82) is 0 Å². The van der Waals surface area contributed by atoms with Crippen molar-refractivity contribution in [3.63, 3.8) is 0 Å². The monoisotopic (exact) mass is 382 g/mol. The number of carbonyl (C=O) groups excluding carboxylic acids is 1. The lowest BCUT2D eigenvalue weighted by Crippen LogP contribution is -2.51. The number of piperazine rings is 1. The maximum absolute atomic E-state index is 12.7. The average molecular weight is 383 g/mol. The summed E-state index contributed by atoms with van der Waals surface area (Å²) in [4.78, 5) is 23.6. The molecule has 3 aliphatic rings. The lowest BCUT2D eigenvalue weighted by Gasteiger charge is -2.35. The highest BCUT2D eigenvalue weighted by molar-refractivity contribution is 7.15. The largest absolute Gasteiger partial charge is 0.340 e. The van der Waals surface area contributed by atoms with Crippen molar-refractivity contribution >= 4 is 22.4 Å². The summed E-state index contributed by atoms with van der Waals surface area (Å²) in [5, 5.41) is 4.73. The van der Waals surface area contributed by atoms with Crippen LogP contribution in [-0.4, -0.2) is 47.5 Å². The Kier molecular flexibility index (Phi) is 4.61. The van der Waals surface area contributed by atoms with Gasteiger partial charge in [-0.1, -0.05) is 41.7 Å². The minimum Gasteiger partial charge on any atom is -0.340 e. The molecular formula is C21H26N4OS. The number of nitrogens with one attached hydrogen (secondary N) is 1. The average Bonchev–Trinajstić information content (AvgIpc) is 3.23. The molecule has 1 N–H and O–H groups in total. The van der Waals surface area contributed by atoms with E-state index in [4.69, 9.17) is 4.98 Å². The number of aryl methyl sites for hydroxylation is 1. The van der Waals surface area contributed by atoms with Crippen LogP contribution in [0.2, 0.25) is 0 Å². The highest BCUT2D eigenvalue weighted by Crippen LogP contribution is 2.38. The summed E-state index contributed by atoms with van der Waals surface area (Å²) in [6.07, 6.45) is 4.84. The molecule has 27 heavy (non-hydrogen) atoms. The molecular weight excluding hydrogens is 356 g/mol. The Morgan fingerprint density at radius 3 is 2.74 bits per heavy atom. The van der Waals surface area contributed by atoms with Crippen LogP contribution in [0.15, 0.2) is 30.3 Å². The van der Waals surface area contributed by atoms with Crippen molar-refractivity contribution in [1.82, 2.24) is 15.2 Å². The molecule has 2 unspecified atom stereocenters. The van der Waals surface area contributed by atoms with E-state index in [1.165, 1.54) is 34.1 Å². The van der Waals surface area contributed by atoms with Crippen LogP contribution >= 0.6 is 11.3 Å². The molecule has 1 aromatic carbocycles. The summed E-state index contributed by atoms with van der Waals surface area (Å²) in [6.45, 7) is 3.69. The Morgan fingerprint density at radius 1 is 1.19 bits per heavy atom. The van der Waals surface area contributed by atoms with Gasteiger partial charge in [0, 0.05) is 49.4 Å². The van der Waals surface area contributed by atoms with E-state index in [-0.39, 0.29) is 5.91 Å². The van der Waals surface area contributed by atoms with Crippen LogP contribution in [0.1, 0.15) is 35.4 Å². The first-order valence-corrected chi connectivity index (χ1v) is 10.9. The van der Waals surface area contributed by atoms with Gasteiger partial charge in [0.1, 0.15) is 0 Å². The van der Waals surface area contributed by atoms with E-state index in [9.17, 15) is 4.79 Å².